The topological polar surface area (TPSA) is 56.5 Å². The molecule has 5 rings (SSSR count). The summed E-state index contributed by atoms with van der Waals surface area (Å²) in [5, 5.41) is 0.943. The maximum absolute atomic E-state index is 13.2. The molecule has 0 atom stereocenters. The highest BCUT2D eigenvalue weighted by Crippen LogP contribution is 2.31. The Bertz CT molecular complexity index is 1520. The van der Waals surface area contributed by atoms with E-state index < -0.39 is 0 Å². The summed E-state index contributed by atoms with van der Waals surface area (Å²) in [7, 11) is 0. The van der Waals surface area contributed by atoms with Gasteiger partial charge in [-0.25, -0.2) is 0 Å². The van der Waals surface area contributed by atoms with Crippen molar-refractivity contribution in [3.8, 4) is 28.2 Å². The fourth-order valence-electron chi connectivity index (χ4n) is 3.75. The van der Waals surface area contributed by atoms with Gasteiger partial charge in [0.05, 0.1) is 5.39 Å². The second-order valence-corrected chi connectivity index (χ2v) is 8.18. The van der Waals surface area contributed by atoms with Gasteiger partial charge >= 0.3 is 0 Å². The van der Waals surface area contributed by atoms with E-state index >= 15 is 0 Å². The minimum atomic E-state index is -0.334. The average molecular weight is 467 g/mol. The molecule has 0 bridgehead atoms. The van der Waals surface area contributed by atoms with Gasteiger partial charge in [-0.1, -0.05) is 78.3 Å². The molecule has 0 saturated carbocycles. The van der Waals surface area contributed by atoms with E-state index in [1.165, 1.54) is 0 Å². The van der Waals surface area contributed by atoms with Crippen molar-refractivity contribution >= 4 is 28.4 Å². The number of rotatable bonds is 6. The van der Waals surface area contributed by atoms with Crippen LogP contribution >= 0.6 is 11.6 Å². The van der Waals surface area contributed by atoms with Crippen LogP contribution in [0, 0.1) is 0 Å². The van der Waals surface area contributed by atoms with Gasteiger partial charge in [0.1, 0.15) is 5.58 Å². The zero-order valence-electron chi connectivity index (χ0n) is 18.0. The molecular weight excluding hydrogens is 448 g/mol. The van der Waals surface area contributed by atoms with E-state index in [4.69, 9.17) is 20.8 Å². The monoisotopic (exact) mass is 466 g/mol. The Hall–Kier alpha value is -4.15. The lowest BCUT2D eigenvalue weighted by Gasteiger charge is -2.12. The third kappa shape index (κ3) is 4.36. The van der Waals surface area contributed by atoms with E-state index in [2.05, 4.69) is 0 Å². The summed E-state index contributed by atoms with van der Waals surface area (Å²) in [6.45, 7) is -0.297. The number of carbonyl (C=O) groups is 1. The Morgan fingerprint density at radius 3 is 2.09 bits per heavy atom. The van der Waals surface area contributed by atoms with Crippen LogP contribution in [0.4, 0.5) is 0 Å². The van der Waals surface area contributed by atoms with Crippen molar-refractivity contribution in [1.82, 2.24) is 0 Å². The van der Waals surface area contributed by atoms with Gasteiger partial charge < -0.3 is 9.15 Å². The molecule has 1 heterocycles. The average Bonchev–Trinajstić information content (AvgIpc) is 2.89. The molecule has 0 saturated heterocycles. The van der Waals surface area contributed by atoms with Crippen molar-refractivity contribution < 1.29 is 13.9 Å². The fourth-order valence-corrected chi connectivity index (χ4v) is 3.87. The van der Waals surface area contributed by atoms with E-state index in [-0.39, 0.29) is 29.3 Å². The number of ether oxygens (including phenoxy) is 1. The highest BCUT2D eigenvalue weighted by Gasteiger charge is 2.19. The summed E-state index contributed by atoms with van der Waals surface area (Å²) < 4.78 is 11.8. The number of para-hydroxylation sites is 1. The van der Waals surface area contributed by atoms with Crippen LogP contribution in [0.5, 0.6) is 5.75 Å². The van der Waals surface area contributed by atoms with Crippen molar-refractivity contribution in [2.24, 2.45) is 0 Å². The van der Waals surface area contributed by atoms with Gasteiger partial charge in [0.2, 0.25) is 11.2 Å². The van der Waals surface area contributed by atoms with Crippen molar-refractivity contribution in [3.63, 3.8) is 0 Å². The zero-order chi connectivity index (χ0) is 23.5. The van der Waals surface area contributed by atoms with Crippen LogP contribution in [-0.4, -0.2) is 12.4 Å². The first-order valence-corrected chi connectivity index (χ1v) is 11.1. The first kappa shape index (κ1) is 21.7. The first-order valence-electron chi connectivity index (χ1n) is 10.7. The first-order chi connectivity index (χ1) is 16.6. The van der Waals surface area contributed by atoms with Gasteiger partial charge in [-0.3, -0.25) is 9.59 Å². The minimum absolute atomic E-state index is 0.00437. The lowest BCUT2D eigenvalue weighted by atomic mass is 10.0. The Morgan fingerprint density at radius 1 is 0.735 bits per heavy atom. The third-order valence-electron chi connectivity index (χ3n) is 5.52. The highest BCUT2D eigenvalue weighted by atomic mass is 35.5. The van der Waals surface area contributed by atoms with Crippen molar-refractivity contribution in [2.75, 3.05) is 6.61 Å². The number of fused-ring (bicyclic) bond motifs is 1. The maximum atomic E-state index is 13.2. The summed E-state index contributed by atoms with van der Waals surface area (Å²) in [5.74, 6) is 0.0112. The number of hydrogen-bond donors (Lipinski definition) is 0. The van der Waals surface area contributed by atoms with Gasteiger partial charge in [-0.2, -0.15) is 0 Å². The van der Waals surface area contributed by atoms with Gasteiger partial charge in [-0.05, 0) is 47.5 Å². The lowest BCUT2D eigenvalue weighted by Crippen LogP contribution is -2.17. The van der Waals surface area contributed by atoms with Crippen LogP contribution < -0.4 is 10.2 Å². The molecule has 0 aliphatic rings. The lowest BCUT2D eigenvalue weighted by molar-refractivity contribution is 0.0920. The Balaban J connectivity index is 1.44. The van der Waals surface area contributed by atoms with Crippen LogP contribution in [0.3, 0.4) is 0 Å². The highest BCUT2D eigenvalue weighted by molar-refractivity contribution is 6.30. The van der Waals surface area contributed by atoms with E-state index in [0.717, 1.165) is 11.1 Å². The Labute approximate surface area is 201 Å². The molecule has 0 radical (unpaired) electrons. The number of carbonyl (C=O) groups excluding carboxylic acids is 1. The largest absolute Gasteiger partial charge is 0.478 e. The molecule has 166 valence electrons. The molecule has 0 aliphatic carbocycles. The summed E-state index contributed by atoms with van der Waals surface area (Å²) in [5.41, 5.74) is 3.31. The van der Waals surface area contributed by atoms with Crippen LogP contribution in [0.2, 0.25) is 5.02 Å². The molecule has 4 nitrogen and oxygen atoms in total. The second kappa shape index (κ2) is 9.38. The molecular formula is C29H19ClO4. The van der Waals surface area contributed by atoms with E-state index in [1.807, 2.05) is 42.5 Å². The Morgan fingerprint density at radius 2 is 1.35 bits per heavy atom. The minimum Gasteiger partial charge on any atom is -0.478 e. The zero-order valence-corrected chi connectivity index (χ0v) is 18.8. The van der Waals surface area contributed by atoms with Crippen molar-refractivity contribution in [1.29, 1.82) is 0 Å². The predicted molar refractivity (Wildman–Crippen MR) is 135 cm³/mol. The van der Waals surface area contributed by atoms with Gasteiger partial charge in [0.15, 0.2) is 18.2 Å². The maximum Gasteiger partial charge on any atom is 0.235 e. The summed E-state index contributed by atoms with van der Waals surface area (Å²) in [6, 6.07) is 31.1. The molecule has 5 aromatic rings. The second-order valence-electron chi connectivity index (χ2n) is 7.75. The quantitative estimate of drug-likeness (QED) is 0.252. The van der Waals surface area contributed by atoms with Gasteiger partial charge in [0, 0.05) is 16.1 Å². The molecule has 1 aromatic heterocycles. The number of ketones is 1. The molecule has 5 heteroatoms. The smallest absolute Gasteiger partial charge is 0.235 e. The summed E-state index contributed by atoms with van der Waals surface area (Å²) >= 11 is 6.02. The number of halogens is 1. The van der Waals surface area contributed by atoms with Crippen LogP contribution in [-0.2, 0) is 0 Å². The van der Waals surface area contributed by atoms with E-state index in [0.29, 0.717) is 27.1 Å². The number of Topliss-reactive ketones (excluding diaryl/α,β-unsaturated/α-hetero) is 1. The van der Waals surface area contributed by atoms with Crippen molar-refractivity contribution in [2.45, 2.75) is 0 Å². The van der Waals surface area contributed by atoms with Crippen LogP contribution in [0.1, 0.15) is 10.4 Å². The van der Waals surface area contributed by atoms with E-state index in [1.54, 1.807) is 60.7 Å². The van der Waals surface area contributed by atoms with Crippen LogP contribution in [0.15, 0.2) is 112 Å². The van der Waals surface area contributed by atoms with Gasteiger partial charge in [-0.15, -0.1) is 0 Å². The molecule has 0 spiro atoms. The molecule has 34 heavy (non-hydrogen) atoms. The predicted octanol–water partition coefficient (Wildman–Crippen LogP) is 7.04. The molecule has 4 aromatic carbocycles. The standard InChI is InChI=1S/C29H19ClO4/c30-23-16-14-22(15-17-23)28-29(27(32)24-8-4-5-9-26(24)34-28)33-18-25(31)21-12-10-20(11-13-21)19-6-2-1-3-7-19/h1-17H,18H2. The fraction of sp³-hybridized carbons (Fsp3) is 0.0345. The third-order valence-corrected chi connectivity index (χ3v) is 5.78. The number of hydrogen-bond acceptors (Lipinski definition) is 4. The number of benzene rings is 4. The Kier molecular flexibility index (Phi) is 5.98. The van der Waals surface area contributed by atoms with Crippen molar-refractivity contribution in [3.05, 3.63) is 124 Å². The molecule has 0 aliphatic heterocycles. The SMILES string of the molecule is O=C(COc1c(-c2ccc(Cl)cc2)oc2ccccc2c1=O)c1ccc(-c2ccccc2)cc1. The molecule has 0 fully saturated rings. The van der Waals surface area contributed by atoms with E-state index in [9.17, 15) is 9.59 Å². The summed E-state index contributed by atoms with van der Waals surface area (Å²) in [6.07, 6.45) is 0. The summed E-state index contributed by atoms with van der Waals surface area (Å²) in [4.78, 5) is 26.1. The molecule has 0 unspecified atom stereocenters. The van der Waals surface area contributed by atoms with Crippen LogP contribution in [0.25, 0.3) is 33.4 Å². The normalized spacial score (nSPS) is 10.9. The van der Waals surface area contributed by atoms with Gasteiger partial charge in [0.25, 0.3) is 0 Å². The molecule has 0 amide bonds. The molecule has 0 N–H and O–H groups in total.